The van der Waals surface area contributed by atoms with E-state index in [9.17, 15) is 70.2 Å². The van der Waals surface area contributed by atoms with Gasteiger partial charge in [-0.15, -0.1) is 0 Å². The van der Waals surface area contributed by atoms with E-state index >= 15 is 0 Å². The van der Waals surface area contributed by atoms with Crippen molar-refractivity contribution in [3.8, 4) is 0 Å². The first kappa shape index (κ1) is 21.7. The van der Waals surface area contributed by atoms with Gasteiger partial charge in [-0.05, 0) is 0 Å². The fourth-order valence-electron chi connectivity index (χ4n) is 4.45. The Labute approximate surface area is 163 Å². The molecule has 0 N–H and O–H groups in total. The molecule has 5 aliphatic rings. The van der Waals surface area contributed by atoms with Gasteiger partial charge >= 0.3 is 41.5 Å². The van der Waals surface area contributed by atoms with Gasteiger partial charge < -0.3 is 0 Å². The van der Waals surface area contributed by atoms with Crippen LogP contribution in [0.2, 0.25) is 0 Å². The Kier molecular flexibility index (Phi) is 3.10. The van der Waals surface area contributed by atoms with Crippen molar-refractivity contribution in [2.75, 3.05) is 0 Å². The summed E-state index contributed by atoms with van der Waals surface area (Å²) in [6.45, 7) is 0. The lowest BCUT2D eigenvalue weighted by Crippen LogP contribution is -2.63. The maximum atomic E-state index is 14.2. The molecule has 0 nitrogen and oxygen atoms in total. The topological polar surface area (TPSA) is 0 Å². The van der Waals surface area contributed by atoms with Crippen LogP contribution in [0, 0.1) is 0 Å². The normalized spacial score (nSPS) is 34.5. The molecule has 0 atom stereocenters. The highest BCUT2D eigenvalue weighted by Gasteiger charge is 2.91. The summed E-state index contributed by atoms with van der Waals surface area (Å²) in [5.74, 6) is -48.9. The molecule has 0 heterocycles. The molecular formula is C16F16. The van der Waals surface area contributed by atoms with E-state index in [-0.39, 0.29) is 0 Å². The first-order chi connectivity index (χ1) is 14.0. The number of allylic oxidation sites excluding steroid dienone is 8. The first-order valence-electron chi connectivity index (χ1n) is 8.02. The highest BCUT2D eigenvalue weighted by atomic mass is 19.4. The van der Waals surface area contributed by atoms with Crippen LogP contribution in [0.25, 0.3) is 0 Å². The van der Waals surface area contributed by atoms with Gasteiger partial charge in [0.05, 0.1) is 0 Å². The van der Waals surface area contributed by atoms with E-state index in [1.807, 2.05) is 0 Å². The first-order valence-corrected chi connectivity index (χ1v) is 8.02. The second-order valence-corrected chi connectivity index (χ2v) is 7.60. The van der Waals surface area contributed by atoms with Crippen LogP contribution in [0.1, 0.15) is 0 Å². The third kappa shape index (κ3) is 1.60. The number of rotatable bonds is 0. The zero-order valence-electron chi connectivity index (χ0n) is 14.0. The fraction of sp³-hybridized carbons (Fsp3) is 0.500. The van der Waals surface area contributed by atoms with Crippen molar-refractivity contribution < 1.29 is 70.2 Å². The second-order valence-electron chi connectivity index (χ2n) is 7.60. The molecule has 0 aliphatic heterocycles. The molecule has 0 saturated heterocycles. The molecule has 5 aliphatic carbocycles. The van der Waals surface area contributed by atoms with Crippen LogP contribution in [0.4, 0.5) is 70.2 Å². The smallest absolute Gasteiger partial charge is 0.196 e. The molecule has 0 fully saturated rings. The zero-order chi connectivity index (χ0) is 24.6. The number of hydrogen-bond acceptors (Lipinski definition) is 0. The van der Waals surface area contributed by atoms with Gasteiger partial charge in [-0.3, -0.25) is 0 Å². The van der Waals surface area contributed by atoms with Crippen molar-refractivity contribution in [2.45, 2.75) is 47.4 Å². The van der Waals surface area contributed by atoms with Crippen LogP contribution in [0.15, 0.2) is 44.6 Å². The van der Waals surface area contributed by atoms with E-state index in [1.165, 1.54) is 0 Å². The molecule has 176 valence electrons. The molecule has 32 heavy (non-hydrogen) atoms. The zero-order valence-corrected chi connectivity index (χ0v) is 14.0. The monoisotopic (exact) mass is 496 g/mol. The molecule has 0 aromatic heterocycles. The van der Waals surface area contributed by atoms with E-state index in [2.05, 4.69) is 0 Å². The largest absolute Gasteiger partial charge is 0.380 e. The molecule has 0 bridgehead atoms. The Morgan fingerprint density at radius 1 is 0.250 bits per heavy atom. The van der Waals surface area contributed by atoms with E-state index in [4.69, 9.17) is 0 Å². The van der Waals surface area contributed by atoms with Crippen LogP contribution in [-0.4, -0.2) is 47.4 Å². The summed E-state index contributed by atoms with van der Waals surface area (Å²) in [6.07, 6.45) is 0. The van der Waals surface area contributed by atoms with Gasteiger partial charge in [0.1, 0.15) is 0 Å². The van der Waals surface area contributed by atoms with Crippen LogP contribution in [-0.2, 0) is 0 Å². The van der Waals surface area contributed by atoms with Crippen molar-refractivity contribution in [3.63, 3.8) is 0 Å². The van der Waals surface area contributed by atoms with Crippen LogP contribution in [0.3, 0.4) is 0 Å². The van der Waals surface area contributed by atoms with Crippen molar-refractivity contribution >= 4 is 0 Å². The van der Waals surface area contributed by atoms with Gasteiger partial charge in [0.25, 0.3) is 5.92 Å². The fourth-order valence-corrected chi connectivity index (χ4v) is 4.45. The molecule has 0 aromatic carbocycles. The van der Waals surface area contributed by atoms with Crippen molar-refractivity contribution in [2.24, 2.45) is 0 Å². The molecule has 0 spiro atoms. The molecule has 0 aromatic rings. The minimum absolute atomic E-state index is 2.60. The second kappa shape index (κ2) is 4.58. The van der Waals surface area contributed by atoms with Gasteiger partial charge in [-0.1, -0.05) is 0 Å². The Morgan fingerprint density at radius 2 is 0.438 bits per heavy atom. The predicted molar refractivity (Wildman–Crippen MR) is 67.7 cm³/mol. The third-order valence-electron chi connectivity index (χ3n) is 6.03. The Balaban J connectivity index is 2.01. The van der Waals surface area contributed by atoms with Gasteiger partial charge in [-0.2, -0.15) is 70.2 Å². The van der Waals surface area contributed by atoms with E-state index in [0.29, 0.717) is 0 Å². The standard InChI is InChI=1S/C16F16/c17-9(18)1-2(9)4-8(15(29,30)16(31,32)14(4,27)28)7-6(12(23,24)13(7,25)26)5-3(1)10(19,20)11(5,21)22. The quantitative estimate of drug-likeness (QED) is 0.345. The lowest BCUT2D eigenvalue weighted by Gasteiger charge is -2.50. The number of hydrogen-bond donors (Lipinski definition) is 0. The summed E-state index contributed by atoms with van der Waals surface area (Å²) in [7, 11) is 0. The van der Waals surface area contributed by atoms with Crippen molar-refractivity contribution in [1.82, 2.24) is 0 Å². The maximum Gasteiger partial charge on any atom is 0.380 e. The number of alkyl halides is 16. The van der Waals surface area contributed by atoms with Gasteiger partial charge in [-0.25, -0.2) is 0 Å². The minimum atomic E-state index is -6.77. The van der Waals surface area contributed by atoms with Crippen LogP contribution < -0.4 is 0 Å². The molecule has 16 heteroatoms. The van der Waals surface area contributed by atoms with Crippen molar-refractivity contribution in [3.05, 3.63) is 44.6 Å². The summed E-state index contributed by atoms with van der Waals surface area (Å²) >= 11 is 0. The molecule has 0 saturated carbocycles. The minimum Gasteiger partial charge on any atom is -0.196 e. The van der Waals surface area contributed by atoms with Gasteiger partial charge in [0.15, 0.2) is 0 Å². The lowest BCUT2D eigenvalue weighted by atomic mass is 9.63. The van der Waals surface area contributed by atoms with Crippen molar-refractivity contribution in [1.29, 1.82) is 0 Å². The lowest BCUT2D eigenvalue weighted by molar-refractivity contribution is -0.266. The van der Waals surface area contributed by atoms with Gasteiger partial charge in [0.2, 0.25) is 0 Å². The highest BCUT2D eigenvalue weighted by molar-refractivity contribution is 5.85. The Morgan fingerprint density at radius 3 is 0.719 bits per heavy atom. The van der Waals surface area contributed by atoms with E-state index in [0.717, 1.165) is 0 Å². The molecular weight excluding hydrogens is 496 g/mol. The molecule has 0 amide bonds. The molecule has 0 radical (unpaired) electrons. The summed E-state index contributed by atoms with van der Waals surface area (Å²) in [6, 6.07) is 0. The molecule has 0 unspecified atom stereocenters. The number of fused-ring (bicyclic) bond motifs is 4. The van der Waals surface area contributed by atoms with Crippen LogP contribution >= 0.6 is 0 Å². The Bertz CT molecular complexity index is 1170. The van der Waals surface area contributed by atoms with Gasteiger partial charge in [0, 0.05) is 44.6 Å². The maximum absolute atomic E-state index is 14.2. The third-order valence-corrected chi connectivity index (χ3v) is 6.03. The SMILES string of the molecule is FC1(F)C2=C1C1=C(C3=C(C4=C2C(F)(F)C4(F)F)C(F)(F)C3(F)F)C(F)(F)C(F)(F)C1(F)F. The van der Waals surface area contributed by atoms with Crippen LogP contribution in [0.5, 0.6) is 0 Å². The number of halogens is 16. The van der Waals surface area contributed by atoms with E-state index in [1.54, 1.807) is 0 Å². The summed E-state index contributed by atoms with van der Waals surface area (Å²) in [5.41, 5.74) is -24.0. The molecule has 5 rings (SSSR count). The average molecular weight is 496 g/mol. The average Bonchev–Trinajstić information content (AvgIpc) is 3.08. The summed E-state index contributed by atoms with van der Waals surface area (Å²) in [5, 5.41) is 0. The van der Waals surface area contributed by atoms with E-state index < -0.39 is 92.0 Å². The highest BCUT2D eigenvalue weighted by Crippen LogP contribution is 2.79. The summed E-state index contributed by atoms with van der Waals surface area (Å²) in [4.78, 5) is 0. The Hall–Kier alpha value is -2.16. The summed E-state index contributed by atoms with van der Waals surface area (Å²) < 4.78 is 224. The predicted octanol–water partition coefficient (Wildman–Crippen LogP) is 6.32.